The summed E-state index contributed by atoms with van der Waals surface area (Å²) in [4.78, 5) is 27.6. The van der Waals surface area contributed by atoms with E-state index in [1.165, 1.54) is 29.5 Å². The number of likely N-dealkylation sites (tertiary alicyclic amines) is 1. The summed E-state index contributed by atoms with van der Waals surface area (Å²) in [5.41, 5.74) is 2.79. The topological polar surface area (TPSA) is 70.7 Å². The molecule has 6 heteroatoms. The van der Waals surface area contributed by atoms with Gasteiger partial charge in [-0.2, -0.15) is 0 Å². The second-order valence-electron chi connectivity index (χ2n) is 12.1. The second-order valence-corrected chi connectivity index (χ2v) is 12.1. The molecular weight excluding hydrogens is 510 g/mol. The van der Waals surface area contributed by atoms with Crippen LogP contribution in [0.4, 0.5) is 4.79 Å². The number of carbonyl (C=O) groups is 2. The lowest BCUT2D eigenvalue weighted by Gasteiger charge is -2.37. The van der Waals surface area contributed by atoms with Crippen LogP contribution in [0.2, 0.25) is 0 Å². The molecule has 0 aliphatic carbocycles. The van der Waals surface area contributed by atoms with E-state index in [-0.39, 0.29) is 12.5 Å². The van der Waals surface area contributed by atoms with Gasteiger partial charge >= 0.3 is 6.09 Å². The van der Waals surface area contributed by atoms with Gasteiger partial charge in [-0.15, -0.1) is 0 Å². The number of hydrogen-bond donors (Lipinski definition) is 2. The minimum Gasteiger partial charge on any atom is -0.444 e. The normalized spacial score (nSPS) is 14.8. The number of nitrogens with one attached hydrogen (secondary N) is 2. The van der Waals surface area contributed by atoms with Crippen LogP contribution in [0.1, 0.15) is 69.1 Å². The summed E-state index contributed by atoms with van der Waals surface area (Å²) in [5.74, 6) is 0.403. The van der Waals surface area contributed by atoms with Crippen LogP contribution in [-0.2, 0) is 14.9 Å². The van der Waals surface area contributed by atoms with Crippen LogP contribution in [0.3, 0.4) is 0 Å². The summed E-state index contributed by atoms with van der Waals surface area (Å²) in [6, 6.07) is 31.8. The standard InChI is InChI=1S/C35H45N3O3/c1-34(2,3)41-33(40)36-26-32(39)37-27-35(30-16-9-5-10-17-30,31-18-11-6-12-19-31)22-13-23-38-24-20-29(21-25-38)28-14-7-4-8-15-28/h4-12,14-19,29H,13,20-27H2,1-3H3,(H,36,40)(H,37,39). The van der Waals surface area contributed by atoms with E-state index in [9.17, 15) is 9.59 Å². The van der Waals surface area contributed by atoms with Crippen molar-refractivity contribution in [3.8, 4) is 0 Å². The molecule has 0 radical (unpaired) electrons. The van der Waals surface area contributed by atoms with Gasteiger partial charge < -0.3 is 20.3 Å². The highest BCUT2D eigenvalue weighted by molar-refractivity contribution is 5.82. The molecule has 0 aromatic heterocycles. The molecule has 1 saturated heterocycles. The average molecular weight is 556 g/mol. The van der Waals surface area contributed by atoms with E-state index < -0.39 is 17.1 Å². The monoisotopic (exact) mass is 555 g/mol. The highest BCUT2D eigenvalue weighted by atomic mass is 16.6. The minimum atomic E-state index is -0.618. The van der Waals surface area contributed by atoms with Crippen molar-refractivity contribution >= 4 is 12.0 Å². The van der Waals surface area contributed by atoms with Gasteiger partial charge in [0.15, 0.2) is 0 Å². The van der Waals surface area contributed by atoms with Crippen molar-refractivity contribution in [1.82, 2.24) is 15.5 Å². The van der Waals surface area contributed by atoms with Gasteiger partial charge in [-0.1, -0.05) is 91.0 Å². The van der Waals surface area contributed by atoms with E-state index in [2.05, 4.69) is 94.4 Å². The van der Waals surface area contributed by atoms with E-state index in [1.807, 2.05) is 12.1 Å². The Kier molecular flexibility index (Phi) is 10.6. The third-order valence-corrected chi connectivity index (χ3v) is 7.97. The molecule has 3 aromatic rings. The Balaban J connectivity index is 1.42. The lowest BCUT2D eigenvalue weighted by Crippen LogP contribution is -2.46. The number of rotatable bonds is 11. The molecule has 0 unspecified atom stereocenters. The number of alkyl carbamates (subject to hydrolysis) is 1. The highest BCUT2D eigenvalue weighted by Crippen LogP contribution is 2.37. The molecule has 2 amide bonds. The first-order chi connectivity index (χ1) is 19.7. The smallest absolute Gasteiger partial charge is 0.408 e. The molecule has 0 bridgehead atoms. The number of benzene rings is 3. The molecule has 1 heterocycles. The Morgan fingerprint density at radius 3 is 1.88 bits per heavy atom. The molecule has 1 aliphatic rings. The first kappa shape index (κ1) is 30.3. The molecule has 0 spiro atoms. The molecule has 41 heavy (non-hydrogen) atoms. The highest BCUT2D eigenvalue weighted by Gasteiger charge is 2.35. The fourth-order valence-corrected chi connectivity index (χ4v) is 5.86. The minimum absolute atomic E-state index is 0.134. The average Bonchev–Trinajstić information content (AvgIpc) is 2.99. The maximum atomic E-state index is 12.9. The van der Waals surface area contributed by atoms with Gasteiger partial charge in [0.25, 0.3) is 0 Å². The largest absolute Gasteiger partial charge is 0.444 e. The summed E-state index contributed by atoms with van der Waals surface area (Å²) in [7, 11) is 0. The third-order valence-electron chi connectivity index (χ3n) is 7.97. The summed E-state index contributed by atoms with van der Waals surface area (Å²) in [5, 5.41) is 5.70. The Bertz CT molecular complexity index is 1180. The summed E-state index contributed by atoms with van der Waals surface area (Å²) < 4.78 is 5.28. The second kappa shape index (κ2) is 14.3. The van der Waals surface area contributed by atoms with Crippen molar-refractivity contribution in [2.75, 3.05) is 32.7 Å². The molecule has 0 saturated carbocycles. The predicted molar refractivity (Wildman–Crippen MR) is 165 cm³/mol. The van der Waals surface area contributed by atoms with E-state index in [1.54, 1.807) is 20.8 Å². The Morgan fingerprint density at radius 1 is 0.805 bits per heavy atom. The number of nitrogens with zero attached hydrogens (tertiary/aromatic N) is 1. The van der Waals surface area contributed by atoms with E-state index in [0.29, 0.717) is 12.5 Å². The summed E-state index contributed by atoms with van der Waals surface area (Å²) in [6.45, 7) is 8.94. The van der Waals surface area contributed by atoms with Gasteiger partial charge in [0.1, 0.15) is 5.60 Å². The first-order valence-electron chi connectivity index (χ1n) is 14.9. The van der Waals surface area contributed by atoms with Gasteiger partial charge in [0.05, 0.1) is 6.54 Å². The lowest BCUT2D eigenvalue weighted by atomic mass is 9.71. The Labute approximate surface area is 245 Å². The van der Waals surface area contributed by atoms with Crippen LogP contribution in [0, 0.1) is 0 Å². The molecule has 4 rings (SSSR count). The first-order valence-corrected chi connectivity index (χ1v) is 14.9. The maximum absolute atomic E-state index is 12.9. The van der Waals surface area contributed by atoms with Crippen molar-refractivity contribution in [2.24, 2.45) is 0 Å². The molecule has 0 atom stereocenters. The van der Waals surface area contributed by atoms with Crippen molar-refractivity contribution in [2.45, 2.75) is 63.4 Å². The van der Waals surface area contributed by atoms with E-state index >= 15 is 0 Å². The summed E-state index contributed by atoms with van der Waals surface area (Å²) >= 11 is 0. The molecule has 6 nitrogen and oxygen atoms in total. The predicted octanol–water partition coefficient (Wildman–Crippen LogP) is 6.27. The van der Waals surface area contributed by atoms with Gasteiger partial charge in [-0.3, -0.25) is 4.79 Å². The van der Waals surface area contributed by atoms with Crippen molar-refractivity contribution in [3.63, 3.8) is 0 Å². The van der Waals surface area contributed by atoms with E-state index in [0.717, 1.165) is 32.5 Å². The zero-order valence-electron chi connectivity index (χ0n) is 24.8. The van der Waals surface area contributed by atoms with Gasteiger partial charge in [0, 0.05) is 12.0 Å². The molecule has 3 aromatic carbocycles. The molecular formula is C35H45N3O3. The van der Waals surface area contributed by atoms with Gasteiger partial charge in [-0.05, 0) is 88.7 Å². The van der Waals surface area contributed by atoms with Gasteiger partial charge in [0.2, 0.25) is 5.91 Å². The zero-order valence-corrected chi connectivity index (χ0v) is 24.8. The van der Waals surface area contributed by atoms with Crippen LogP contribution in [0.15, 0.2) is 91.0 Å². The van der Waals surface area contributed by atoms with Crippen molar-refractivity contribution in [1.29, 1.82) is 0 Å². The van der Waals surface area contributed by atoms with E-state index in [4.69, 9.17) is 4.74 Å². The van der Waals surface area contributed by atoms with Gasteiger partial charge in [-0.25, -0.2) is 4.79 Å². The van der Waals surface area contributed by atoms with Crippen LogP contribution in [-0.4, -0.2) is 55.2 Å². The van der Waals surface area contributed by atoms with Crippen LogP contribution >= 0.6 is 0 Å². The third kappa shape index (κ3) is 8.92. The number of ether oxygens (including phenoxy) is 1. The quantitative estimate of drug-likeness (QED) is 0.292. The Morgan fingerprint density at radius 2 is 1.34 bits per heavy atom. The molecule has 1 fully saturated rings. The maximum Gasteiger partial charge on any atom is 0.408 e. The SMILES string of the molecule is CC(C)(C)OC(=O)NCC(=O)NCC(CCCN1CCC(c2ccccc2)CC1)(c1ccccc1)c1ccccc1. The fourth-order valence-electron chi connectivity index (χ4n) is 5.86. The Hall–Kier alpha value is -3.64. The number of hydrogen-bond acceptors (Lipinski definition) is 4. The van der Waals surface area contributed by atoms with Crippen LogP contribution < -0.4 is 10.6 Å². The summed E-state index contributed by atoms with van der Waals surface area (Å²) in [6.07, 6.45) is 3.67. The number of carbonyl (C=O) groups excluding carboxylic acids is 2. The lowest BCUT2D eigenvalue weighted by molar-refractivity contribution is -0.120. The van der Waals surface area contributed by atoms with Crippen molar-refractivity contribution in [3.05, 3.63) is 108 Å². The van der Waals surface area contributed by atoms with Crippen LogP contribution in [0.5, 0.6) is 0 Å². The fraction of sp³-hybridized carbons (Fsp3) is 0.429. The zero-order chi connectivity index (χ0) is 29.1. The van der Waals surface area contributed by atoms with Crippen LogP contribution in [0.25, 0.3) is 0 Å². The number of piperidine rings is 1. The molecule has 2 N–H and O–H groups in total. The molecule has 218 valence electrons. The molecule has 1 aliphatic heterocycles. The van der Waals surface area contributed by atoms with Crippen molar-refractivity contribution < 1.29 is 14.3 Å². The number of amides is 2.